The van der Waals surface area contributed by atoms with Gasteiger partial charge in [-0.05, 0) is 6.07 Å². The molecule has 8 heteroatoms. The fraction of sp³-hybridized carbons (Fsp3) is 0.500. The molecule has 1 fully saturated rings. The summed E-state index contributed by atoms with van der Waals surface area (Å²) in [7, 11) is 3.28. The fourth-order valence-electron chi connectivity index (χ4n) is 2.87. The molecule has 0 saturated carbocycles. The molecule has 1 N–H and O–H groups in total. The van der Waals surface area contributed by atoms with Crippen molar-refractivity contribution in [3.05, 3.63) is 35.9 Å². The Kier molecular flexibility index (Phi) is 5.47. The van der Waals surface area contributed by atoms with Crippen molar-refractivity contribution in [3.8, 4) is 5.88 Å². The average Bonchev–Trinajstić information content (AvgIpc) is 3.25. The summed E-state index contributed by atoms with van der Waals surface area (Å²) in [5, 5.41) is 7.13. The number of furan rings is 1. The van der Waals surface area contributed by atoms with Gasteiger partial charge in [-0.15, -0.1) is 5.10 Å². The Morgan fingerprint density at radius 3 is 2.96 bits per heavy atom. The molecule has 0 spiro atoms. The SMILES string of the molecule is COc1nn(C)cc1C(=O)NC[C@H](c1ccoc1)N1CCSCC1. The van der Waals surface area contributed by atoms with Crippen molar-refractivity contribution >= 4 is 17.7 Å². The van der Waals surface area contributed by atoms with Crippen LogP contribution in [0.5, 0.6) is 5.88 Å². The first kappa shape index (κ1) is 16.9. The molecule has 1 atom stereocenters. The van der Waals surface area contributed by atoms with Crippen LogP contribution in [0.1, 0.15) is 22.0 Å². The number of carbonyl (C=O) groups excluding carboxylic acids is 1. The molecule has 24 heavy (non-hydrogen) atoms. The predicted molar refractivity (Wildman–Crippen MR) is 92.4 cm³/mol. The number of rotatable bonds is 6. The molecule has 130 valence electrons. The maximum absolute atomic E-state index is 12.5. The molecular formula is C16H22N4O3S. The molecule has 0 radical (unpaired) electrons. The first-order chi connectivity index (χ1) is 11.7. The molecule has 0 bridgehead atoms. The molecule has 2 aromatic heterocycles. The highest BCUT2D eigenvalue weighted by Crippen LogP contribution is 2.24. The number of aromatic nitrogens is 2. The largest absolute Gasteiger partial charge is 0.479 e. The monoisotopic (exact) mass is 350 g/mol. The van der Waals surface area contributed by atoms with Crippen molar-refractivity contribution in [3.63, 3.8) is 0 Å². The first-order valence-corrected chi connectivity index (χ1v) is 9.04. The van der Waals surface area contributed by atoms with Crippen LogP contribution in [0.2, 0.25) is 0 Å². The smallest absolute Gasteiger partial charge is 0.258 e. The number of hydrogen-bond donors (Lipinski definition) is 1. The molecular weight excluding hydrogens is 328 g/mol. The molecule has 0 unspecified atom stereocenters. The Morgan fingerprint density at radius 1 is 1.50 bits per heavy atom. The van der Waals surface area contributed by atoms with Crippen LogP contribution in [0.4, 0.5) is 0 Å². The van der Waals surface area contributed by atoms with Crippen molar-refractivity contribution in [2.75, 3.05) is 38.2 Å². The van der Waals surface area contributed by atoms with E-state index in [2.05, 4.69) is 15.3 Å². The second-order valence-electron chi connectivity index (χ2n) is 5.66. The van der Waals surface area contributed by atoms with E-state index in [-0.39, 0.29) is 11.9 Å². The number of carbonyl (C=O) groups is 1. The minimum atomic E-state index is -0.181. The van der Waals surface area contributed by atoms with Crippen molar-refractivity contribution in [2.45, 2.75) is 6.04 Å². The minimum Gasteiger partial charge on any atom is -0.479 e. The Bertz CT molecular complexity index is 665. The standard InChI is InChI=1S/C16H22N4O3S/c1-19-10-13(16(18-19)22-2)15(21)17-9-14(12-3-6-23-11-12)20-4-7-24-8-5-20/h3,6,10-11,14H,4-5,7-9H2,1-2H3,(H,17,21)/t14-/m1/s1. The number of hydrogen-bond acceptors (Lipinski definition) is 6. The molecule has 1 saturated heterocycles. The van der Waals surface area contributed by atoms with Crippen LogP contribution in [0, 0.1) is 0 Å². The molecule has 7 nitrogen and oxygen atoms in total. The zero-order valence-corrected chi connectivity index (χ0v) is 14.7. The third-order valence-electron chi connectivity index (χ3n) is 4.10. The highest BCUT2D eigenvalue weighted by atomic mass is 32.2. The van der Waals surface area contributed by atoms with Crippen molar-refractivity contribution in [1.82, 2.24) is 20.0 Å². The number of ether oxygens (including phenoxy) is 1. The van der Waals surface area contributed by atoms with Gasteiger partial charge in [0.2, 0.25) is 5.88 Å². The molecule has 1 amide bonds. The Labute approximate surface area is 145 Å². The van der Waals surface area contributed by atoms with Crippen molar-refractivity contribution < 1.29 is 13.9 Å². The Morgan fingerprint density at radius 2 is 2.29 bits per heavy atom. The topological polar surface area (TPSA) is 72.5 Å². The molecule has 1 aliphatic rings. The van der Waals surface area contributed by atoms with Crippen molar-refractivity contribution in [2.24, 2.45) is 7.05 Å². The van der Waals surface area contributed by atoms with Gasteiger partial charge in [0.1, 0.15) is 5.56 Å². The van der Waals surface area contributed by atoms with Gasteiger partial charge in [-0.25, -0.2) is 0 Å². The van der Waals surface area contributed by atoms with E-state index < -0.39 is 0 Å². The summed E-state index contributed by atoms with van der Waals surface area (Å²) in [6, 6.07) is 2.07. The van der Waals surface area contributed by atoms with Gasteiger partial charge in [-0.2, -0.15) is 11.8 Å². The maximum atomic E-state index is 12.5. The van der Waals surface area contributed by atoms with Crippen LogP contribution < -0.4 is 10.1 Å². The maximum Gasteiger partial charge on any atom is 0.258 e. The zero-order valence-electron chi connectivity index (χ0n) is 13.9. The molecule has 1 aliphatic heterocycles. The van der Waals surface area contributed by atoms with E-state index in [0.29, 0.717) is 18.0 Å². The number of nitrogens with zero attached hydrogens (tertiary/aromatic N) is 3. The van der Waals surface area contributed by atoms with E-state index in [1.807, 2.05) is 17.8 Å². The molecule has 0 aromatic carbocycles. The van der Waals surface area contributed by atoms with Crippen LogP contribution in [0.15, 0.2) is 29.2 Å². The van der Waals surface area contributed by atoms with Gasteiger partial charge in [-0.1, -0.05) is 0 Å². The van der Waals surface area contributed by atoms with E-state index in [9.17, 15) is 4.79 Å². The lowest BCUT2D eigenvalue weighted by molar-refractivity contribution is 0.0931. The van der Waals surface area contributed by atoms with Gasteiger partial charge in [0.05, 0.1) is 25.7 Å². The number of aryl methyl sites for hydroxylation is 1. The van der Waals surface area contributed by atoms with E-state index >= 15 is 0 Å². The van der Waals surface area contributed by atoms with E-state index in [4.69, 9.17) is 9.15 Å². The van der Waals surface area contributed by atoms with Crippen molar-refractivity contribution in [1.29, 1.82) is 0 Å². The summed E-state index contributed by atoms with van der Waals surface area (Å²) in [6.07, 6.45) is 5.09. The summed E-state index contributed by atoms with van der Waals surface area (Å²) in [5.74, 6) is 2.38. The summed E-state index contributed by atoms with van der Waals surface area (Å²) < 4.78 is 12.0. The third kappa shape index (κ3) is 3.76. The Hall–Kier alpha value is -1.93. The van der Waals surface area contributed by atoms with Gasteiger partial charge >= 0.3 is 0 Å². The predicted octanol–water partition coefficient (Wildman–Crippen LogP) is 1.54. The first-order valence-electron chi connectivity index (χ1n) is 7.88. The highest BCUT2D eigenvalue weighted by molar-refractivity contribution is 7.99. The van der Waals surface area contributed by atoms with Crippen LogP contribution >= 0.6 is 11.8 Å². The van der Waals surface area contributed by atoms with Crippen LogP contribution in [0.3, 0.4) is 0 Å². The van der Waals surface area contributed by atoms with E-state index in [0.717, 1.165) is 30.2 Å². The lowest BCUT2D eigenvalue weighted by Gasteiger charge is -2.33. The number of thioether (sulfide) groups is 1. The van der Waals surface area contributed by atoms with Gasteiger partial charge in [0.25, 0.3) is 5.91 Å². The van der Waals surface area contributed by atoms with Gasteiger partial charge in [0.15, 0.2) is 0 Å². The second kappa shape index (κ2) is 7.76. The second-order valence-corrected chi connectivity index (χ2v) is 6.88. The van der Waals surface area contributed by atoms with Gasteiger partial charge in [0, 0.05) is 49.9 Å². The van der Waals surface area contributed by atoms with Crippen LogP contribution in [0.25, 0.3) is 0 Å². The van der Waals surface area contributed by atoms with E-state index in [1.54, 1.807) is 30.5 Å². The zero-order chi connectivity index (χ0) is 16.9. The van der Waals surface area contributed by atoms with Crippen LogP contribution in [-0.2, 0) is 7.05 Å². The number of nitrogens with one attached hydrogen (secondary N) is 1. The molecule has 3 heterocycles. The van der Waals surface area contributed by atoms with Gasteiger partial charge < -0.3 is 14.5 Å². The summed E-state index contributed by atoms with van der Waals surface area (Å²) in [5.41, 5.74) is 1.53. The lowest BCUT2D eigenvalue weighted by atomic mass is 10.1. The molecule has 0 aliphatic carbocycles. The van der Waals surface area contributed by atoms with E-state index in [1.165, 1.54) is 7.11 Å². The number of amides is 1. The Balaban J connectivity index is 1.70. The molecule has 3 rings (SSSR count). The fourth-order valence-corrected chi connectivity index (χ4v) is 3.80. The summed E-state index contributed by atoms with van der Waals surface area (Å²) >= 11 is 1.96. The quantitative estimate of drug-likeness (QED) is 0.852. The van der Waals surface area contributed by atoms with Crippen LogP contribution in [-0.4, -0.2) is 58.8 Å². The highest BCUT2D eigenvalue weighted by Gasteiger charge is 2.25. The summed E-state index contributed by atoms with van der Waals surface area (Å²) in [4.78, 5) is 14.9. The minimum absolute atomic E-state index is 0.108. The normalized spacial score (nSPS) is 16.8. The molecule has 2 aromatic rings. The summed E-state index contributed by atoms with van der Waals surface area (Å²) in [6.45, 7) is 2.53. The third-order valence-corrected chi connectivity index (χ3v) is 5.05. The number of methoxy groups -OCH3 is 1. The lowest BCUT2D eigenvalue weighted by Crippen LogP contribution is -2.41. The average molecular weight is 350 g/mol. The van der Waals surface area contributed by atoms with Gasteiger partial charge in [-0.3, -0.25) is 14.4 Å².